The van der Waals surface area contributed by atoms with Gasteiger partial charge in [-0.2, -0.15) is 0 Å². The molecule has 4 nitrogen and oxygen atoms in total. The number of ether oxygens (including phenoxy) is 1. The number of halogens is 1. The molecule has 6 heteroatoms. The highest BCUT2D eigenvalue weighted by molar-refractivity contribution is 7.14. The molecule has 0 radical (unpaired) electrons. The van der Waals surface area contributed by atoms with Crippen molar-refractivity contribution in [3.8, 4) is 5.75 Å². The molecule has 4 rings (SSSR count). The fourth-order valence-electron chi connectivity index (χ4n) is 3.77. The summed E-state index contributed by atoms with van der Waals surface area (Å²) >= 11 is 1.67. The summed E-state index contributed by atoms with van der Waals surface area (Å²) < 4.78 is 18.8. The Morgan fingerprint density at radius 3 is 2.69 bits per heavy atom. The number of aryl methyl sites for hydroxylation is 2. The van der Waals surface area contributed by atoms with Crippen molar-refractivity contribution in [1.29, 1.82) is 0 Å². The summed E-state index contributed by atoms with van der Waals surface area (Å²) in [6.07, 6.45) is 3.46. The van der Waals surface area contributed by atoms with Crippen LogP contribution in [0.3, 0.4) is 0 Å². The van der Waals surface area contributed by atoms with Gasteiger partial charge in [0.2, 0.25) is 0 Å². The Hall–Kier alpha value is -1.92. The molecule has 0 bridgehead atoms. The van der Waals surface area contributed by atoms with Crippen molar-refractivity contribution < 1.29 is 13.9 Å². The van der Waals surface area contributed by atoms with E-state index in [9.17, 15) is 9.18 Å². The summed E-state index contributed by atoms with van der Waals surface area (Å²) in [7, 11) is 1.47. The van der Waals surface area contributed by atoms with E-state index in [0.717, 1.165) is 49.5 Å². The van der Waals surface area contributed by atoms with Gasteiger partial charge in [-0.1, -0.05) is 6.07 Å². The number of carbonyl (C=O) groups is 1. The lowest BCUT2D eigenvalue weighted by Gasteiger charge is -2.34. The van der Waals surface area contributed by atoms with Crippen molar-refractivity contribution in [2.24, 2.45) is 0 Å². The molecule has 1 saturated heterocycles. The second kappa shape index (κ2) is 7.37. The van der Waals surface area contributed by atoms with Gasteiger partial charge in [0, 0.05) is 37.6 Å². The minimum Gasteiger partial charge on any atom is -0.494 e. The zero-order chi connectivity index (χ0) is 18.1. The molecule has 0 atom stereocenters. The average molecular weight is 374 g/mol. The number of hydrogen-bond acceptors (Lipinski definition) is 4. The van der Waals surface area contributed by atoms with Crippen LogP contribution >= 0.6 is 11.3 Å². The molecular weight excluding hydrogens is 351 g/mol. The predicted molar refractivity (Wildman–Crippen MR) is 100 cm³/mol. The van der Waals surface area contributed by atoms with Gasteiger partial charge in [0.1, 0.15) is 0 Å². The van der Waals surface area contributed by atoms with Crippen molar-refractivity contribution in [1.82, 2.24) is 9.80 Å². The van der Waals surface area contributed by atoms with E-state index in [1.54, 1.807) is 17.4 Å². The Labute approximate surface area is 157 Å². The number of piperazine rings is 1. The average Bonchev–Trinajstić information content (AvgIpc) is 3.24. The first-order valence-electron chi connectivity index (χ1n) is 9.09. The second-order valence-electron chi connectivity index (χ2n) is 6.95. The molecule has 26 heavy (non-hydrogen) atoms. The van der Waals surface area contributed by atoms with Gasteiger partial charge >= 0.3 is 0 Å². The Morgan fingerprint density at radius 2 is 2.00 bits per heavy atom. The van der Waals surface area contributed by atoms with Crippen LogP contribution in [0.4, 0.5) is 4.39 Å². The summed E-state index contributed by atoms with van der Waals surface area (Å²) in [6.45, 7) is 3.76. The Bertz CT molecular complexity index is 791. The van der Waals surface area contributed by atoms with Crippen molar-refractivity contribution >= 4 is 17.2 Å². The number of rotatable bonds is 4. The molecule has 2 heterocycles. The summed E-state index contributed by atoms with van der Waals surface area (Å²) in [4.78, 5) is 19.2. The van der Waals surface area contributed by atoms with Crippen LogP contribution in [-0.4, -0.2) is 49.0 Å². The van der Waals surface area contributed by atoms with Crippen LogP contribution in [0.5, 0.6) is 5.75 Å². The van der Waals surface area contributed by atoms with E-state index in [0.29, 0.717) is 6.54 Å². The third-order valence-electron chi connectivity index (χ3n) is 5.24. The largest absolute Gasteiger partial charge is 0.494 e. The maximum Gasteiger partial charge on any atom is 0.264 e. The Kier molecular flexibility index (Phi) is 4.96. The summed E-state index contributed by atoms with van der Waals surface area (Å²) in [5.41, 5.74) is 2.30. The van der Waals surface area contributed by atoms with Gasteiger partial charge in [-0.05, 0) is 48.6 Å². The fraction of sp³-hybridized carbons (Fsp3) is 0.450. The van der Waals surface area contributed by atoms with Crippen molar-refractivity contribution in [2.75, 3.05) is 33.3 Å². The minimum absolute atomic E-state index is 0.166. The molecule has 0 unspecified atom stereocenters. The van der Waals surface area contributed by atoms with Crippen molar-refractivity contribution in [3.63, 3.8) is 0 Å². The first kappa shape index (κ1) is 17.5. The molecule has 0 saturated carbocycles. The Morgan fingerprint density at radius 1 is 1.19 bits per heavy atom. The normalized spacial score (nSPS) is 17.4. The zero-order valence-corrected chi connectivity index (χ0v) is 15.8. The lowest BCUT2D eigenvalue weighted by atomic mass is 10.1. The lowest BCUT2D eigenvalue weighted by molar-refractivity contribution is 0.0633. The molecule has 1 aromatic heterocycles. The molecule has 1 aromatic carbocycles. The van der Waals surface area contributed by atoms with Gasteiger partial charge < -0.3 is 9.64 Å². The van der Waals surface area contributed by atoms with E-state index >= 15 is 0 Å². The van der Waals surface area contributed by atoms with Crippen LogP contribution in [0.15, 0.2) is 24.3 Å². The number of nitrogens with zero attached hydrogens (tertiary/aromatic N) is 2. The van der Waals surface area contributed by atoms with Gasteiger partial charge in [-0.15, -0.1) is 11.3 Å². The summed E-state index contributed by atoms with van der Waals surface area (Å²) in [5, 5.41) is 0. The SMILES string of the molecule is COc1ccc(CN2CCN(C(=O)c3cc4c(s3)CCC4)CC2)cc1F. The second-order valence-corrected chi connectivity index (χ2v) is 8.09. The molecular formula is C20H23FN2O2S. The molecule has 1 amide bonds. The van der Waals surface area contributed by atoms with Crippen molar-refractivity contribution in [2.45, 2.75) is 25.8 Å². The van der Waals surface area contributed by atoms with E-state index in [4.69, 9.17) is 4.74 Å². The highest BCUT2D eigenvalue weighted by atomic mass is 32.1. The maximum absolute atomic E-state index is 13.8. The predicted octanol–water partition coefficient (Wildman–Crippen LogP) is 3.34. The lowest BCUT2D eigenvalue weighted by Crippen LogP contribution is -2.48. The van der Waals surface area contributed by atoms with Gasteiger partial charge in [-0.25, -0.2) is 4.39 Å². The van der Waals surface area contributed by atoms with E-state index in [1.165, 1.54) is 30.0 Å². The van der Waals surface area contributed by atoms with Crippen LogP contribution < -0.4 is 4.74 Å². The van der Waals surface area contributed by atoms with E-state index in [-0.39, 0.29) is 17.5 Å². The molecule has 2 aliphatic rings. The number of fused-ring (bicyclic) bond motifs is 1. The van der Waals surface area contributed by atoms with Crippen LogP contribution in [0.1, 0.15) is 32.1 Å². The van der Waals surface area contributed by atoms with Gasteiger partial charge in [-0.3, -0.25) is 9.69 Å². The topological polar surface area (TPSA) is 32.8 Å². The van der Waals surface area contributed by atoms with Crippen LogP contribution in [0.2, 0.25) is 0 Å². The highest BCUT2D eigenvalue weighted by Crippen LogP contribution is 2.31. The third kappa shape index (κ3) is 3.48. The monoisotopic (exact) mass is 374 g/mol. The van der Waals surface area contributed by atoms with Gasteiger partial charge in [0.25, 0.3) is 5.91 Å². The minimum atomic E-state index is -0.329. The third-order valence-corrected chi connectivity index (χ3v) is 6.46. The summed E-state index contributed by atoms with van der Waals surface area (Å²) in [6, 6.07) is 7.19. The van der Waals surface area contributed by atoms with Crippen LogP contribution in [0.25, 0.3) is 0 Å². The molecule has 0 N–H and O–H groups in total. The van der Waals surface area contributed by atoms with Crippen molar-refractivity contribution in [3.05, 3.63) is 51.0 Å². The van der Waals surface area contributed by atoms with E-state index < -0.39 is 0 Å². The van der Waals surface area contributed by atoms with Crippen LogP contribution in [0, 0.1) is 5.82 Å². The number of carbonyl (C=O) groups excluding carboxylic acids is 1. The molecule has 0 spiro atoms. The molecule has 1 fully saturated rings. The first-order valence-corrected chi connectivity index (χ1v) is 9.91. The van der Waals surface area contributed by atoms with E-state index in [2.05, 4.69) is 11.0 Å². The molecule has 1 aliphatic heterocycles. The highest BCUT2D eigenvalue weighted by Gasteiger charge is 2.25. The smallest absolute Gasteiger partial charge is 0.264 e. The molecule has 2 aromatic rings. The number of hydrogen-bond donors (Lipinski definition) is 0. The zero-order valence-electron chi connectivity index (χ0n) is 15.0. The Balaban J connectivity index is 1.33. The van der Waals surface area contributed by atoms with Crippen LogP contribution in [-0.2, 0) is 19.4 Å². The number of amides is 1. The van der Waals surface area contributed by atoms with E-state index in [1.807, 2.05) is 11.0 Å². The standard InChI is InChI=1S/C20H23FN2O2S/c1-25-17-6-5-14(11-16(17)21)13-22-7-9-23(10-8-22)20(24)19-12-15-3-2-4-18(15)26-19/h5-6,11-12H,2-4,7-10,13H2,1H3. The quantitative estimate of drug-likeness (QED) is 0.823. The number of benzene rings is 1. The fourth-order valence-corrected chi connectivity index (χ4v) is 4.99. The van der Waals surface area contributed by atoms with Gasteiger partial charge in [0.15, 0.2) is 11.6 Å². The molecule has 138 valence electrons. The van der Waals surface area contributed by atoms with Gasteiger partial charge in [0.05, 0.1) is 12.0 Å². The summed E-state index contributed by atoms with van der Waals surface area (Å²) in [5.74, 6) is 0.108. The number of methoxy groups -OCH3 is 1. The molecule has 1 aliphatic carbocycles. The maximum atomic E-state index is 13.8. The number of thiophene rings is 1. The first-order chi connectivity index (χ1) is 12.6.